The van der Waals surface area contributed by atoms with Crippen LogP contribution in [-0.4, -0.2) is 18.4 Å². The Bertz CT molecular complexity index is 798. The number of hydrogen-bond donors (Lipinski definition) is 1. The number of rotatable bonds is 4. The van der Waals surface area contributed by atoms with Gasteiger partial charge in [0.25, 0.3) is 0 Å². The van der Waals surface area contributed by atoms with Crippen LogP contribution < -0.4 is 10.2 Å². The van der Waals surface area contributed by atoms with Gasteiger partial charge in [-0.15, -0.1) is 0 Å². The summed E-state index contributed by atoms with van der Waals surface area (Å²) in [6.45, 7) is 6.63. The maximum absolute atomic E-state index is 12.7. The van der Waals surface area contributed by atoms with Crippen LogP contribution in [0.4, 0.5) is 11.4 Å². The van der Waals surface area contributed by atoms with Gasteiger partial charge in [-0.3, -0.25) is 9.59 Å². The van der Waals surface area contributed by atoms with Gasteiger partial charge in [-0.25, -0.2) is 0 Å². The highest BCUT2D eigenvalue weighted by molar-refractivity contribution is 6.03. The smallest absolute Gasteiger partial charge is 0.229 e. The number of anilines is 2. The summed E-state index contributed by atoms with van der Waals surface area (Å²) < 4.78 is 0. The van der Waals surface area contributed by atoms with Gasteiger partial charge in [-0.1, -0.05) is 44.2 Å². The number of nitrogens with one attached hydrogen (secondary N) is 1. The van der Waals surface area contributed by atoms with E-state index in [0.717, 1.165) is 22.5 Å². The molecule has 1 fully saturated rings. The van der Waals surface area contributed by atoms with Crippen LogP contribution in [-0.2, 0) is 9.59 Å². The maximum Gasteiger partial charge on any atom is 0.229 e. The largest absolute Gasteiger partial charge is 0.326 e. The zero-order chi connectivity index (χ0) is 18.0. The molecule has 0 bridgehead atoms. The predicted molar refractivity (Wildman–Crippen MR) is 101 cm³/mol. The first-order chi connectivity index (χ1) is 12.0. The molecule has 0 radical (unpaired) electrons. The third kappa shape index (κ3) is 3.73. The van der Waals surface area contributed by atoms with Gasteiger partial charge in [-0.05, 0) is 42.2 Å². The summed E-state index contributed by atoms with van der Waals surface area (Å²) >= 11 is 0. The zero-order valence-corrected chi connectivity index (χ0v) is 15.0. The molecule has 1 aliphatic rings. The molecule has 2 amide bonds. The molecule has 4 heteroatoms. The fourth-order valence-corrected chi connectivity index (χ4v) is 3.28. The fraction of sp³-hybridized carbons (Fsp3) is 0.333. The van der Waals surface area contributed by atoms with Gasteiger partial charge >= 0.3 is 0 Å². The SMILES string of the molecule is Cc1cccc(N2CC(C(=O)Nc3ccccc3C(C)C)CC2=O)c1. The lowest BCUT2D eigenvalue weighted by Crippen LogP contribution is -2.28. The van der Waals surface area contributed by atoms with Crippen molar-refractivity contribution in [3.8, 4) is 0 Å². The molecular weight excluding hydrogens is 312 g/mol. The zero-order valence-electron chi connectivity index (χ0n) is 15.0. The molecule has 2 aromatic carbocycles. The van der Waals surface area contributed by atoms with Crippen molar-refractivity contribution in [2.75, 3.05) is 16.8 Å². The van der Waals surface area contributed by atoms with Crippen molar-refractivity contribution in [1.82, 2.24) is 0 Å². The highest BCUT2D eigenvalue weighted by Gasteiger charge is 2.35. The Balaban J connectivity index is 1.73. The summed E-state index contributed by atoms with van der Waals surface area (Å²) in [7, 11) is 0. The molecule has 4 nitrogen and oxygen atoms in total. The second-order valence-corrected chi connectivity index (χ2v) is 6.98. The molecule has 0 aromatic heterocycles. The standard InChI is InChI=1S/C21H24N2O2/c1-14(2)18-9-4-5-10-19(18)22-21(25)16-12-20(24)23(13-16)17-8-6-7-15(3)11-17/h4-11,14,16H,12-13H2,1-3H3,(H,22,25). The van der Waals surface area contributed by atoms with E-state index >= 15 is 0 Å². The second-order valence-electron chi connectivity index (χ2n) is 6.98. The van der Waals surface area contributed by atoms with Crippen LogP contribution in [0.2, 0.25) is 0 Å². The molecule has 0 saturated carbocycles. The molecule has 2 aromatic rings. The third-order valence-electron chi connectivity index (χ3n) is 4.65. The Morgan fingerprint density at radius 1 is 1.16 bits per heavy atom. The molecule has 1 N–H and O–H groups in total. The van der Waals surface area contributed by atoms with Gasteiger partial charge in [-0.2, -0.15) is 0 Å². The Morgan fingerprint density at radius 3 is 2.64 bits per heavy atom. The molecule has 1 atom stereocenters. The Hall–Kier alpha value is -2.62. The van der Waals surface area contributed by atoms with Crippen LogP contribution in [0.25, 0.3) is 0 Å². The van der Waals surface area contributed by atoms with Crippen LogP contribution in [0.5, 0.6) is 0 Å². The summed E-state index contributed by atoms with van der Waals surface area (Å²) in [5.41, 5.74) is 3.91. The van der Waals surface area contributed by atoms with Crippen molar-refractivity contribution in [3.63, 3.8) is 0 Å². The molecule has 1 unspecified atom stereocenters. The second kappa shape index (κ2) is 7.09. The third-order valence-corrected chi connectivity index (χ3v) is 4.65. The summed E-state index contributed by atoms with van der Waals surface area (Å²) in [4.78, 5) is 26.8. The number of para-hydroxylation sites is 1. The molecule has 1 aliphatic heterocycles. The van der Waals surface area contributed by atoms with E-state index in [0.29, 0.717) is 12.5 Å². The van der Waals surface area contributed by atoms with Gasteiger partial charge in [0.2, 0.25) is 11.8 Å². The average Bonchev–Trinajstić information content (AvgIpc) is 2.97. The van der Waals surface area contributed by atoms with Crippen molar-refractivity contribution in [1.29, 1.82) is 0 Å². The number of amides is 2. The summed E-state index contributed by atoms with van der Waals surface area (Å²) in [6, 6.07) is 15.7. The maximum atomic E-state index is 12.7. The first kappa shape index (κ1) is 17.2. The predicted octanol–water partition coefficient (Wildman–Crippen LogP) is 4.11. The number of nitrogens with zero attached hydrogens (tertiary/aromatic N) is 1. The van der Waals surface area contributed by atoms with Crippen LogP contribution in [0.1, 0.15) is 37.3 Å². The molecule has 1 saturated heterocycles. The quantitative estimate of drug-likeness (QED) is 0.913. The lowest BCUT2D eigenvalue weighted by Gasteiger charge is -2.18. The fourth-order valence-electron chi connectivity index (χ4n) is 3.28. The van der Waals surface area contributed by atoms with Crippen molar-refractivity contribution in [2.45, 2.75) is 33.1 Å². The van der Waals surface area contributed by atoms with E-state index in [1.807, 2.05) is 55.5 Å². The van der Waals surface area contributed by atoms with Crippen LogP contribution in [0, 0.1) is 12.8 Å². The Labute approximate surface area is 148 Å². The van der Waals surface area contributed by atoms with Crippen LogP contribution in [0.15, 0.2) is 48.5 Å². The van der Waals surface area contributed by atoms with Gasteiger partial charge in [0.05, 0.1) is 5.92 Å². The van der Waals surface area contributed by atoms with E-state index in [2.05, 4.69) is 19.2 Å². The van der Waals surface area contributed by atoms with Crippen molar-refractivity contribution in [2.24, 2.45) is 5.92 Å². The number of benzene rings is 2. The molecule has 3 rings (SSSR count). The molecule has 0 aliphatic carbocycles. The van der Waals surface area contributed by atoms with Crippen molar-refractivity contribution >= 4 is 23.2 Å². The molecule has 130 valence electrons. The Kier molecular flexibility index (Phi) is 4.88. The van der Waals surface area contributed by atoms with E-state index in [-0.39, 0.29) is 24.2 Å². The number of aryl methyl sites for hydroxylation is 1. The number of hydrogen-bond acceptors (Lipinski definition) is 2. The van der Waals surface area contributed by atoms with E-state index in [1.165, 1.54) is 0 Å². The highest BCUT2D eigenvalue weighted by atomic mass is 16.2. The average molecular weight is 336 g/mol. The topological polar surface area (TPSA) is 49.4 Å². The van der Waals surface area contributed by atoms with Crippen LogP contribution in [0.3, 0.4) is 0 Å². The summed E-state index contributed by atoms with van der Waals surface area (Å²) in [5.74, 6) is -0.0850. The molecule has 25 heavy (non-hydrogen) atoms. The van der Waals surface area contributed by atoms with Gasteiger partial charge in [0, 0.05) is 24.3 Å². The minimum atomic E-state index is -0.326. The minimum absolute atomic E-state index is 0.00268. The van der Waals surface area contributed by atoms with Gasteiger partial charge in [0.1, 0.15) is 0 Å². The number of carbonyl (C=O) groups is 2. The summed E-state index contributed by atoms with van der Waals surface area (Å²) in [6.07, 6.45) is 0.254. The van der Waals surface area contributed by atoms with E-state index in [9.17, 15) is 9.59 Å². The van der Waals surface area contributed by atoms with Crippen molar-refractivity contribution in [3.05, 3.63) is 59.7 Å². The molecule has 0 spiro atoms. The van der Waals surface area contributed by atoms with E-state index in [4.69, 9.17) is 0 Å². The lowest BCUT2D eigenvalue weighted by molar-refractivity contribution is -0.122. The Morgan fingerprint density at radius 2 is 1.92 bits per heavy atom. The monoisotopic (exact) mass is 336 g/mol. The van der Waals surface area contributed by atoms with Gasteiger partial charge < -0.3 is 10.2 Å². The molecular formula is C21H24N2O2. The molecule has 1 heterocycles. The minimum Gasteiger partial charge on any atom is -0.326 e. The highest BCUT2D eigenvalue weighted by Crippen LogP contribution is 2.28. The normalized spacial score (nSPS) is 17.2. The number of carbonyl (C=O) groups excluding carboxylic acids is 2. The van der Waals surface area contributed by atoms with Crippen molar-refractivity contribution < 1.29 is 9.59 Å². The first-order valence-electron chi connectivity index (χ1n) is 8.72. The summed E-state index contributed by atoms with van der Waals surface area (Å²) in [5, 5.41) is 3.02. The lowest BCUT2D eigenvalue weighted by atomic mass is 10.0. The van der Waals surface area contributed by atoms with E-state index < -0.39 is 0 Å². The van der Waals surface area contributed by atoms with Gasteiger partial charge in [0.15, 0.2) is 0 Å². The van der Waals surface area contributed by atoms with E-state index in [1.54, 1.807) is 4.90 Å². The first-order valence-corrected chi connectivity index (χ1v) is 8.72. The van der Waals surface area contributed by atoms with Crippen LogP contribution >= 0.6 is 0 Å².